The quantitative estimate of drug-likeness (QED) is 0.264. The van der Waals surface area contributed by atoms with Crippen LogP contribution in [0.1, 0.15) is 25.0 Å². The minimum Gasteiger partial charge on any atom is -0.488 e. The summed E-state index contributed by atoms with van der Waals surface area (Å²) in [6.45, 7) is 3.34. The number of rotatable bonds is 7. The van der Waals surface area contributed by atoms with E-state index in [4.69, 9.17) is 9.47 Å². The Labute approximate surface area is 210 Å². The third kappa shape index (κ3) is 5.51. The maximum Gasteiger partial charge on any atom is 0.326 e. The van der Waals surface area contributed by atoms with Crippen molar-refractivity contribution in [3.63, 3.8) is 0 Å². The van der Waals surface area contributed by atoms with Crippen molar-refractivity contribution in [2.75, 3.05) is 6.54 Å². The maximum atomic E-state index is 12.8. The number of benzene rings is 3. The average Bonchev–Trinajstić information content (AvgIpc) is 3.05. The summed E-state index contributed by atoms with van der Waals surface area (Å²) in [6.07, 6.45) is 1.29. The molecule has 4 rings (SSSR count). The van der Waals surface area contributed by atoms with Crippen molar-refractivity contribution in [2.24, 2.45) is 0 Å². The molecular weight excluding hydrogens is 518 g/mol. The summed E-state index contributed by atoms with van der Waals surface area (Å²) in [4.78, 5) is 38.3. The molecule has 0 radical (unpaired) electrons. The second kappa shape index (κ2) is 10.4. The molecule has 8 heteroatoms. The monoisotopic (exact) mass is 539 g/mol. The molecule has 0 spiro atoms. The molecule has 1 heterocycles. The van der Waals surface area contributed by atoms with Crippen molar-refractivity contribution >= 4 is 61.7 Å². The molecule has 0 bridgehead atoms. The Balaban J connectivity index is 1.56. The fraction of sp³-hybridized carbons (Fsp3) is 0.192. The van der Waals surface area contributed by atoms with Gasteiger partial charge in [-0.1, -0.05) is 58.4 Å². The number of nitrogens with zero attached hydrogens (tertiary/aromatic N) is 1. The van der Waals surface area contributed by atoms with E-state index in [9.17, 15) is 14.4 Å². The molecule has 3 aromatic carbocycles. The number of thioether (sulfide) groups is 1. The van der Waals surface area contributed by atoms with E-state index in [2.05, 4.69) is 34.1 Å². The minimum atomic E-state index is -0.625. The van der Waals surface area contributed by atoms with Crippen LogP contribution in [-0.4, -0.2) is 34.7 Å². The number of fused-ring (bicyclic) bond motifs is 1. The highest BCUT2D eigenvalue weighted by Crippen LogP contribution is 2.35. The summed E-state index contributed by atoms with van der Waals surface area (Å²) >= 11 is 4.24. The molecule has 0 unspecified atom stereocenters. The van der Waals surface area contributed by atoms with Crippen molar-refractivity contribution in [1.29, 1.82) is 0 Å². The summed E-state index contributed by atoms with van der Waals surface area (Å²) in [5, 5.41) is 1.73. The molecule has 2 amide bonds. The average molecular weight is 540 g/mol. The van der Waals surface area contributed by atoms with Crippen LogP contribution in [-0.2, 0) is 20.9 Å². The second-order valence-corrected chi connectivity index (χ2v) is 9.82. The Hall–Kier alpha value is -3.10. The van der Waals surface area contributed by atoms with Crippen molar-refractivity contribution < 1.29 is 23.9 Å². The van der Waals surface area contributed by atoms with Gasteiger partial charge in [0.1, 0.15) is 18.9 Å². The van der Waals surface area contributed by atoms with E-state index in [-0.39, 0.29) is 11.0 Å². The van der Waals surface area contributed by atoms with Crippen LogP contribution in [0.5, 0.6) is 5.75 Å². The van der Waals surface area contributed by atoms with E-state index in [1.165, 1.54) is 0 Å². The molecule has 0 atom stereocenters. The van der Waals surface area contributed by atoms with Crippen LogP contribution in [0.25, 0.3) is 16.8 Å². The molecule has 0 N–H and O–H groups in total. The second-order valence-electron chi connectivity index (χ2n) is 7.92. The highest BCUT2D eigenvalue weighted by atomic mass is 79.9. The molecule has 1 fully saturated rings. The summed E-state index contributed by atoms with van der Waals surface area (Å²) in [5.41, 5.74) is 1.68. The topological polar surface area (TPSA) is 72.9 Å². The Kier molecular flexibility index (Phi) is 7.38. The first-order valence-corrected chi connectivity index (χ1v) is 12.3. The van der Waals surface area contributed by atoms with Crippen LogP contribution >= 0.6 is 27.7 Å². The molecular formula is C26H22BrNO5S. The van der Waals surface area contributed by atoms with Gasteiger partial charge in [-0.2, -0.15) is 0 Å². The van der Waals surface area contributed by atoms with Gasteiger partial charge in [-0.25, -0.2) is 0 Å². The number of carbonyl (C=O) groups is 3. The third-order valence-electron chi connectivity index (χ3n) is 5.05. The molecule has 1 aliphatic rings. The standard InChI is InChI=1S/C26H22BrNO5S/c1-16(2)33-24(29)14-28-25(30)23(34-26(28)31)13-19-12-20(27)10-11-22(19)32-15-18-8-5-7-17-6-3-4-9-21(17)18/h3-13,16H,14-15H2,1-2H3/b23-13+. The van der Waals surface area contributed by atoms with Crippen molar-refractivity contribution in [3.05, 3.63) is 81.2 Å². The minimum absolute atomic E-state index is 0.218. The first-order valence-electron chi connectivity index (χ1n) is 10.7. The van der Waals surface area contributed by atoms with Gasteiger partial charge in [-0.3, -0.25) is 19.3 Å². The molecule has 0 aliphatic carbocycles. The number of ether oxygens (including phenoxy) is 2. The van der Waals surface area contributed by atoms with Crippen molar-refractivity contribution in [3.8, 4) is 5.75 Å². The third-order valence-corrected chi connectivity index (χ3v) is 6.45. The van der Waals surface area contributed by atoms with Gasteiger partial charge in [0.05, 0.1) is 11.0 Å². The van der Waals surface area contributed by atoms with Crippen LogP contribution in [0.15, 0.2) is 70.0 Å². The Morgan fingerprint density at radius 3 is 2.65 bits per heavy atom. The number of halogens is 1. The fourth-order valence-electron chi connectivity index (χ4n) is 3.54. The zero-order valence-corrected chi connectivity index (χ0v) is 21.0. The maximum absolute atomic E-state index is 12.8. The first-order chi connectivity index (χ1) is 16.3. The van der Waals surface area contributed by atoms with Crippen LogP contribution < -0.4 is 4.74 Å². The lowest BCUT2D eigenvalue weighted by molar-refractivity contribution is -0.149. The lowest BCUT2D eigenvalue weighted by atomic mass is 10.1. The van der Waals surface area contributed by atoms with E-state index >= 15 is 0 Å². The van der Waals surface area contributed by atoms with Crippen LogP contribution in [0.2, 0.25) is 0 Å². The SMILES string of the molecule is CC(C)OC(=O)CN1C(=O)S/C(=C/c2cc(Br)ccc2OCc2cccc3ccccc23)C1=O. The number of imide groups is 1. The number of esters is 1. The first kappa shape index (κ1) is 24.0. The van der Waals surface area contributed by atoms with Crippen molar-refractivity contribution in [1.82, 2.24) is 4.90 Å². The van der Waals surface area contributed by atoms with Gasteiger partial charge in [-0.15, -0.1) is 0 Å². The van der Waals surface area contributed by atoms with Gasteiger partial charge in [-0.05, 0) is 66.2 Å². The Morgan fingerprint density at radius 1 is 1.09 bits per heavy atom. The fourth-order valence-corrected chi connectivity index (χ4v) is 4.75. The molecule has 6 nitrogen and oxygen atoms in total. The van der Waals surface area contributed by atoms with Gasteiger partial charge < -0.3 is 9.47 Å². The largest absolute Gasteiger partial charge is 0.488 e. The molecule has 0 aromatic heterocycles. The highest BCUT2D eigenvalue weighted by molar-refractivity contribution is 9.10. The van der Waals surface area contributed by atoms with Gasteiger partial charge in [0.25, 0.3) is 11.1 Å². The van der Waals surface area contributed by atoms with E-state index in [1.807, 2.05) is 42.5 Å². The van der Waals surface area contributed by atoms with Gasteiger partial charge in [0.15, 0.2) is 0 Å². The van der Waals surface area contributed by atoms with Gasteiger partial charge in [0.2, 0.25) is 0 Å². The summed E-state index contributed by atoms with van der Waals surface area (Å²) in [7, 11) is 0. The summed E-state index contributed by atoms with van der Waals surface area (Å²) in [5.74, 6) is -0.585. The molecule has 0 saturated carbocycles. The van der Waals surface area contributed by atoms with Gasteiger partial charge >= 0.3 is 5.97 Å². The number of hydrogen-bond donors (Lipinski definition) is 0. The van der Waals surface area contributed by atoms with E-state index in [0.717, 1.165) is 37.5 Å². The molecule has 1 saturated heterocycles. The van der Waals surface area contributed by atoms with Crippen LogP contribution in [0.3, 0.4) is 0 Å². The number of amides is 2. The summed E-state index contributed by atoms with van der Waals surface area (Å²) < 4.78 is 12.0. The zero-order chi connectivity index (χ0) is 24.2. The van der Waals surface area contributed by atoms with Crippen LogP contribution in [0, 0.1) is 0 Å². The van der Waals surface area contributed by atoms with Crippen molar-refractivity contribution in [2.45, 2.75) is 26.6 Å². The Bertz CT molecular complexity index is 1300. The van der Waals surface area contributed by atoms with E-state index in [0.29, 0.717) is 17.9 Å². The van der Waals surface area contributed by atoms with Gasteiger partial charge in [0, 0.05) is 10.0 Å². The Morgan fingerprint density at radius 2 is 1.85 bits per heavy atom. The predicted molar refractivity (Wildman–Crippen MR) is 136 cm³/mol. The number of hydrogen-bond acceptors (Lipinski definition) is 6. The highest BCUT2D eigenvalue weighted by Gasteiger charge is 2.37. The summed E-state index contributed by atoms with van der Waals surface area (Å²) in [6, 6.07) is 19.6. The lowest BCUT2D eigenvalue weighted by Gasteiger charge is -2.13. The number of carbonyl (C=O) groups excluding carboxylic acids is 3. The molecule has 3 aromatic rings. The lowest BCUT2D eigenvalue weighted by Crippen LogP contribution is -2.35. The normalized spacial score (nSPS) is 14.9. The molecule has 1 aliphatic heterocycles. The molecule has 34 heavy (non-hydrogen) atoms. The zero-order valence-electron chi connectivity index (χ0n) is 18.6. The van der Waals surface area contributed by atoms with E-state index in [1.54, 1.807) is 19.9 Å². The van der Waals surface area contributed by atoms with Crippen LogP contribution in [0.4, 0.5) is 4.79 Å². The predicted octanol–water partition coefficient (Wildman–Crippen LogP) is 6.17. The van der Waals surface area contributed by atoms with E-state index < -0.39 is 23.7 Å². The smallest absolute Gasteiger partial charge is 0.326 e. The molecule has 174 valence electrons.